The maximum absolute atomic E-state index is 12.0. The van der Waals surface area contributed by atoms with Crippen molar-refractivity contribution < 1.29 is 24.0 Å². The highest BCUT2D eigenvalue weighted by atomic mass is 32.2. The van der Waals surface area contributed by atoms with Crippen LogP contribution in [0.1, 0.15) is 12.0 Å². The van der Waals surface area contributed by atoms with Crippen molar-refractivity contribution in [1.29, 1.82) is 0 Å². The molecule has 8 nitrogen and oxygen atoms in total. The Hall–Kier alpha value is -3.07. The second kappa shape index (κ2) is 10.3. The summed E-state index contributed by atoms with van der Waals surface area (Å²) in [5.74, 6) is -0.318. The highest BCUT2D eigenvalue weighted by molar-refractivity contribution is 7.99. The summed E-state index contributed by atoms with van der Waals surface area (Å²) in [6, 6.07) is 11.8. The van der Waals surface area contributed by atoms with Gasteiger partial charge in [0.25, 0.3) is 11.6 Å². The molecule has 0 atom stereocenters. The van der Waals surface area contributed by atoms with Gasteiger partial charge in [-0.2, -0.15) is 0 Å². The molecule has 0 radical (unpaired) electrons. The van der Waals surface area contributed by atoms with Crippen molar-refractivity contribution >= 4 is 35.0 Å². The van der Waals surface area contributed by atoms with E-state index < -0.39 is 23.4 Å². The topological polar surface area (TPSA) is 108 Å². The molecular weight excluding hydrogens is 384 g/mol. The van der Waals surface area contributed by atoms with E-state index in [0.717, 1.165) is 10.5 Å². The predicted molar refractivity (Wildman–Crippen MR) is 106 cm³/mol. The first-order chi connectivity index (χ1) is 13.4. The van der Waals surface area contributed by atoms with Crippen molar-refractivity contribution in [3.63, 3.8) is 0 Å². The summed E-state index contributed by atoms with van der Waals surface area (Å²) in [6.45, 7) is 1.51. The Bertz CT molecular complexity index is 854. The maximum Gasteiger partial charge on any atom is 0.307 e. The summed E-state index contributed by atoms with van der Waals surface area (Å²) in [5.41, 5.74) is 1.10. The van der Waals surface area contributed by atoms with E-state index in [1.165, 1.54) is 37.1 Å². The van der Waals surface area contributed by atoms with Gasteiger partial charge in [0.1, 0.15) is 5.75 Å². The number of carbonyl (C=O) groups excluding carboxylic acids is 2. The standard InChI is InChI=1S/C19H20N2O6S/c1-13-3-6-15(7-4-13)28-10-9-19(23)27-12-18(22)20-16-11-14(21(24)25)5-8-17(16)26-2/h3-8,11H,9-10,12H2,1-2H3,(H,20,22). The van der Waals surface area contributed by atoms with E-state index in [4.69, 9.17) is 9.47 Å². The van der Waals surface area contributed by atoms with Crippen LogP contribution in [0.2, 0.25) is 0 Å². The highest BCUT2D eigenvalue weighted by Gasteiger charge is 2.15. The summed E-state index contributed by atoms with van der Waals surface area (Å²) < 4.78 is 10.0. The van der Waals surface area contributed by atoms with Crippen molar-refractivity contribution in [3.8, 4) is 5.75 Å². The van der Waals surface area contributed by atoms with E-state index in [1.54, 1.807) is 0 Å². The van der Waals surface area contributed by atoms with Crippen molar-refractivity contribution in [3.05, 3.63) is 58.1 Å². The molecular formula is C19H20N2O6S. The molecule has 28 heavy (non-hydrogen) atoms. The van der Waals surface area contributed by atoms with E-state index in [2.05, 4.69) is 5.32 Å². The van der Waals surface area contributed by atoms with Gasteiger partial charge in [-0.05, 0) is 25.1 Å². The lowest BCUT2D eigenvalue weighted by Crippen LogP contribution is -2.21. The van der Waals surface area contributed by atoms with Gasteiger partial charge in [0.2, 0.25) is 0 Å². The molecule has 2 aromatic rings. The Morgan fingerprint density at radius 1 is 1.18 bits per heavy atom. The third kappa shape index (κ3) is 6.58. The van der Waals surface area contributed by atoms with Crippen LogP contribution in [0, 0.1) is 17.0 Å². The third-order valence-corrected chi connectivity index (χ3v) is 4.64. The normalized spacial score (nSPS) is 10.2. The van der Waals surface area contributed by atoms with Gasteiger partial charge in [-0.3, -0.25) is 19.7 Å². The minimum Gasteiger partial charge on any atom is -0.495 e. The first-order valence-corrected chi connectivity index (χ1v) is 9.35. The molecule has 0 bridgehead atoms. The molecule has 148 valence electrons. The van der Waals surface area contributed by atoms with E-state index in [-0.39, 0.29) is 23.5 Å². The van der Waals surface area contributed by atoms with E-state index >= 15 is 0 Å². The van der Waals surface area contributed by atoms with Crippen LogP contribution in [0.15, 0.2) is 47.4 Å². The van der Waals surface area contributed by atoms with Gasteiger partial charge < -0.3 is 14.8 Å². The number of nitro groups is 1. The number of ether oxygens (including phenoxy) is 2. The number of non-ortho nitro benzene ring substituents is 1. The second-order valence-corrected chi connectivity index (χ2v) is 6.93. The number of nitrogens with one attached hydrogen (secondary N) is 1. The number of rotatable bonds is 9. The largest absolute Gasteiger partial charge is 0.495 e. The molecule has 2 aromatic carbocycles. The Kier molecular flexibility index (Phi) is 7.82. The van der Waals surface area contributed by atoms with Crippen LogP contribution in [-0.2, 0) is 14.3 Å². The molecule has 1 amide bonds. The summed E-state index contributed by atoms with van der Waals surface area (Å²) in [6.07, 6.45) is 0.159. The minimum absolute atomic E-state index is 0.132. The second-order valence-electron chi connectivity index (χ2n) is 5.76. The fourth-order valence-corrected chi connectivity index (χ4v) is 3.03. The van der Waals surface area contributed by atoms with Crippen LogP contribution >= 0.6 is 11.8 Å². The van der Waals surface area contributed by atoms with Crippen molar-refractivity contribution in [2.75, 3.05) is 24.8 Å². The number of thioether (sulfide) groups is 1. The number of aryl methyl sites for hydroxylation is 1. The van der Waals surface area contributed by atoms with Crippen molar-refractivity contribution in [2.45, 2.75) is 18.2 Å². The van der Waals surface area contributed by atoms with Crippen molar-refractivity contribution in [1.82, 2.24) is 0 Å². The van der Waals surface area contributed by atoms with Crippen LogP contribution in [0.5, 0.6) is 5.75 Å². The molecule has 2 rings (SSSR count). The minimum atomic E-state index is -0.613. The fraction of sp³-hybridized carbons (Fsp3) is 0.263. The number of esters is 1. The molecule has 0 aliphatic rings. The fourth-order valence-electron chi connectivity index (χ4n) is 2.20. The summed E-state index contributed by atoms with van der Waals surface area (Å²) in [4.78, 5) is 35.1. The van der Waals surface area contributed by atoms with Gasteiger partial charge in [0.05, 0.1) is 24.1 Å². The molecule has 0 saturated carbocycles. The zero-order valence-corrected chi connectivity index (χ0v) is 16.3. The zero-order chi connectivity index (χ0) is 20.5. The van der Waals surface area contributed by atoms with Crippen molar-refractivity contribution in [2.24, 2.45) is 0 Å². The monoisotopic (exact) mass is 404 g/mol. The predicted octanol–water partition coefficient (Wildman–Crippen LogP) is 3.58. The molecule has 0 spiro atoms. The number of anilines is 1. The molecule has 1 N–H and O–H groups in total. The lowest BCUT2D eigenvalue weighted by atomic mass is 10.2. The summed E-state index contributed by atoms with van der Waals surface area (Å²) in [5, 5.41) is 13.3. The first-order valence-electron chi connectivity index (χ1n) is 8.36. The molecule has 0 fully saturated rings. The quantitative estimate of drug-likeness (QED) is 0.294. The van der Waals surface area contributed by atoms with Crippen LogP contribution in [0.3, 0.4) is 0 Å². The zero-order valence-electron chi connectivity index (χ0n) is 15.5. The Labute approximate surface area is 166 Å². The lowest BCUT2D eigenvalue weighted by molar-refractivity contribution is -0.384. The SMILES string of the molecule is COc1ccc([N+](=O)[O-])cc1NC(=O)COC(=O)CCSc1ccc(C)cc1. The van der Waals surface area contributed by atoms with Gasteiger partial charge in [-0.25, -0.2) is 0 Å². The number of methoxy groups -OCH3 is 1. The average Bonchev–Trinajstić information content (AvgIpc) is 2.68. The summed E-state index contributed by atoms with van der Waals surface area (Å²) >= 11 is 1.52. The van der Waals surface area contributed by atoms with Gasteiger partial charge in [-0.15, -0.1) is 11.8 Å². The number of hydrogen-bond donors (Lipinski definition) is 1. The molecule has 0 aromatic heterocycles. The highest BCUT2D eigenvalue weighted by Crippen LogP contribution is 2.28. The Morgan fingerprint density at radius 3 is 2.54 bits per heavy atom. The van der Waals surface area contributed by atoms with Crippen LogP contribution in [0.4, 0.5) is 11.4 Å². The molecule has 0 aliphatic heterocycles. The molecule has 0 heterocycles. The van der Waals surface area contributed by atoms with E-state index in [1.807, 2.05) is 31.2 Å². The van der Waals surface area contributed by atoms with Crippen LogP contribution < -0.4 is 10.1 Å². The molecule has 9 heteroatoms. The number of carbonyl (C=O) groups is 2. The average molecular weight is 404 g/mol. The Morgan fingerprint density at radius 2 is 1.89 bits per heavy atom. The van der Waals surface area contributed by atoms with E-state index in [9.17, 15) is 19.7 Å². The smallest absolute Gasteiger partial charge is 0.307 e. The number of benzene rings is 2. The maximum atomic E-state index is 12.0. The Balaban J connectivity index is 1.78. The third-order valence-electron chi connectivity index (χ3n) is 3.63. The van der Waals surface area contributed by atoms with Gasteiger partial charge in [-0.1, -0.05) is 17.7 Å². The number of hydrogen-bond acceptors (Lipinski definition) is 7. The van der Waals surface area contributed by atoms with Crippen LogP contribution in [-0.4, -0.2) is 36.3 Å². The van der Waals surface area contributed by atoms with E-state index in [0.29, 0.717) is 5.75 Å². The molecule has 0 unspecified atom stereocenters. The first kappa shape index (κ1) is 21.2. The number of amides is 1. The summed E-state index contributed by atoms with van der Waals surface area (Å²) in [7, 11) is 1.38. The van der Waals surface area contributed by atoms with Gasteiger partial charge in [0, 0.05) is 22.8 Å². The molecule has 0 aliphatic carbocycles. The van der Waals surface area contributed by atoms with Crippen LogP contribution in [0.25, 0.3) is 0 Å². The molecule has 0 saturated heterocycles. The number of nitro benzene ring substituents is 1. The van der Waals surface area contributed by atoms with Gasteiger partial charge in [0.15, 0.2) is 6.61 Å². The van der Waals surface area contributed by atoms with Gasteiger partial charge >= 0.3 is 5.97 Å². The lowest BCUT2D eigenvalue weighted by Gasteiger charge is -2.10. The number of nitrogens with zero attached hydrogens (tertiary/aromatic N) is 1.